The van der Waals surface area contributed by atoms with Crippen molar-refractivity contribution in [2.75, 3.05) is 0 Å². The number of hydrogen-bond donors (Lipinski definition) is 2. The Bertz CT molecular complexity index is 404. The summed E-state index contributed by atoms with van der Waals surface area (Å²) in [6.45, 7) is 3.63. The lowest BCUT2D eigenvalue weighted by Crippen LogP contribution is -2.18. The van der Waals surface area contributed by atoms with Crippen LogP contribution in [0.3, 0.4) is 0 Å². The van der Waals surface area contributed by atoms with Gasteiger partial charge in [0.05, 0.1) is 11.2 Å². The summed E-state index contributed by atoms with van der Waals surface area (Å²) in [4.78, 5) is 9.00. The highest BCUT2D eigenvalue weighted by Crippen LogP contribution is 1.97. The number of nitrogens with two attached hydrogens (primary N) is 2. The van der Waals surface area contributed by atoms with E-state index in [4.69, 9.17) is 13.2 Å². The van der Waals surface area contributed by atoms with Crippen molar-refractivity contribution in [3.63, 3.8) is 0 Å². The Kier molecular flexibility index (Phi) is 11.8. The van der Waals surface area contributed by atoms with Gasteiger partial charge in [0, 0.05) is 0 Å². The van der Waals surface area contributed by atoms with Gasteiger partial charge < -0.3 is 11.5 Å². The normalized spacial score (nSPS) is 7.25. The Morgan fingerprint density at radius 2 is 1.56 bits per heavy atom. The summed E-state index contributed by atoms with van der Waals surface area (Å²) >= 11 is 3.54. The SMILES string of the molecule is C=Cc1ccccc1.NC(N)=O.O=S(=O)=S. The van der Waals surface area contributed by atoms with Gasteiger partial charge in [-0.1, -0.05) is 43.0 Å². The second-order valence-corrected chi connectivity index (χ2v) is 3.45. The van der Waals surface area contributed by atoms with E-state index in [1.807, 2.05) is 36.4 Å². The molecule has 88 valence electrons. The second-order valence-electron chi connectivity index (χ2n) is 2.22. The molecule has 1 aromatic carbocycles. The summed E-state index contributed by atoms with van der Waals surface area (Å²) in [7, 11) is -2.28. The van der Waals surface area contributed by atoms with E-state index in [1.165, 1.54) is 5.56 Å². The van der Waals surface area contributed by atoms with Crippen LogP contribution < -0.4 is 11.5 Å². The first kappa shape index (κ1) is 16.7. The molecule has 0 saturated heterocycles. The molecule has 7 heteroatoms. The number of primary amides is 2. The van der Waals surface area contributed by atoms with Gasteiger partial charge in [-0.2, -0.15) is 8.42 Å². The van der Waals surface area contributed by atoms with Crippen LogP contribution in [0.2, 0.25) is 0 Å². The molecule has 0 aliphatic heterocycles. The molecule has 0 saturated carbocycles. The fourth-order valence-corrected chi connectivity index (χ4v) is 0.589. The van der Waals surface area contributed by atoms with Crippen LogP contribution in [0.15, 0.2) is 36.9 Å². The fraction of sp³-hybridized carbons (Fsp3) is 0. The van der Waals surface area contributed by atoms with Crippen LogP contribution in [0.5, 0.6) is 0 Å². The molecule has 0 atom stereocenters. The van der Waals surface area contributed by atoms with Crippen molar-refractivity contribution in [1.82, 2.24) is 0 Å². The molecular formula is C9H12N2O3S2. The third-order valence-corrected chi connectivity index (χ3v) is 1.04. The lowest BCUT2D eigenvalue weighted by Gasteiger charge is -1.85. The lowest BCUT2D eigenvalue weighted by molar-refractivity contribution is 0.256. The Labute approximate surface area is 100.0 Å². The molecule has 16 heavy (non-hydrogen) atoms. The predicted molar refractivity (Wildman–Crippen MR) is 66.6 cm³/mol. The van der Waals surface area contributed by atoms with Crippen LogP contribution in [-0.2, 0) is 20.5 Å². The van der Waals surface area contributed by atoms with Crippen molar-refractivity contribution < 1.29 is 13.2 Å². The molecule has 4 N–H and O–H groups in total. The smallest absolute Gasteiger partial charge is 0.309 e. The zero-order valence-electron chi connectivity index (χ0n) is 8.37. The summed E-state index contributed by atoms with van der Waals surface area (Å²) in [6, 6.07) is 9.20. The topological polar surface area (TPSA) is 103 Å². The van der Waals surface area contributed by atoms with E-state index < -0.39 is 15.3 Å². The Morgan fingerprint density at radius 1 is 1.25 bits per heavy atom. The molecule has 0 aromatic heterocycles. The third-order valence-electron chi connectivity index (χ3n) is 1.04. The predicted octanol–water partition coefficient (Wildman–Crippen LogP) is 0.681. The second kappa shape index (κ2) is 11.3. The summed E-state index contributed by atoms with van der Waals surface area (Å²) in [6.07, 6.45) is 1.83. The maximum Gasteiger partial charge on any atom is 0.309 e. The Balaban J connectivity index is 0. The van der Waals surface area contributed by atoms with E-state index in [2.05, 4.69) is 29.2 Å². The zero-order chi connectivity index (χ0) is 13.0. The maximum absolute atomic E-state index is 9.00. The van der Waals surface area contributed by atoms with Gasteiger partial charge in [-0.15, -0.1) is 0 Å². The van der Waals surface area contributed by atoms with Gasteiger partial charge in [-0.3, -0.25) is 0 Å². The van der Waals surface area contributed by atoms with E-state index in [-0.39, 0.29) is 0 Å². The van der Waals surface area contributed by atoms with Crippen LogP contribution in [-0.4, -0.2) is 14.4 Å². The van der Waals surface area contributed by atoms with Gasteiger partial charge in [0.15, 0.2) is 0 Å². The van der Waals surface area contributed by atoms with E-state index in [0.29, 0.717) is 0 Å². The van der Waals surface area contributed by atoms with E-state index in [0.717, 1.165) is 0 Å². The van der Waals surface area contributed by atoms with Crippen LogP contribution >= 0.6 is 0 Å². The first-order valence-electron chi connectivity index (χ1n) is 3.89. The van der Waals surface area contributed by atoms with Crippen molar-refractivity contribution in [2.45, 2.75) is 0 Å². The molecule has 2 amide bonds. The Hall–Kier alpha value is -1.73. The van der Waals surface area contributed by atoms with Crippen LogP contribution in [0.25, 0.3) is 6.08 Å². The average molecular weight is 260 g/mol. The highest BCUT2D eigenvalue weighted by atomic mass is 32.8. The molecule has 1 rings (SSSR count). The van der Waals surface area contributed by atoms with Crippen LogP contribution in [0.1, 0.15) is 5.56 Å². The number of hydrogen-bond acceptors (Lipinski definition) is 4. The highest BCUT2D eigenvalue weighted by Gasteiger charge is 1.75. The van der Waals surface area contributed by atoms with Crippen molar-refractivity contribution >= 4 is 32.6 Å². The molecule has 0 bridgehead atoms. The monoisotopic (exact) mass is 260 g/mol. The molecule has 0 heterocycles. The highest BCUT2D eigenvalue weighted by molar-refractivity contribution is 8.14. The minimum absolute atomic E-state index is 0.833. The molecule has 5 nitrogen and oxygen atoms in total. The van der Waals surface area contributed by atoms with E-state index in [9.17, 15) is 0 Å². The van der Waals surface area contributed by atoms with Gasteiger partial charge in [-0.25, -0.2) is 4.79 Å². The fourth-order valence-electron chi connectivity index (χ4n) is 0.589. The summed E-state index contributed by atoms with van der Waals surface area (Å²) in [5.74, 6) is 0. The zero-order valence-corrected chi connectivity index (χ0v) is 10.0. The van der Waals surface area contributed by atoms with Crippen molar-refractivity contribution in [3.8, 4) is 0 Å². The molecular weight excluding hydrogens is 248 g/mol. The number of benzene rings is 1. The van der Waals surface area contributed by atoms with Gasteiger partial charge in [-0.05, 0) is 5.56 Å². The van der Waals surface area contributed by atoms with Crippen molar-refractivity contribution in [3.05, 3.63) is 42.5 Å². The van der Waals surface area contributed by atoms with Gasteiger partial charge in [0.2, 0.25) is 0 Å². The first-order chi connectivity index (χ1) is 7.40. The van der Waals surface area contributed by atoms with Gasteiger partial charge in [0.25, 0.3) is 9.26 Å². The van der Waals surface area contributed by atoms with Crippen molar-refractivity contribution in [2.24, 2.45) is 11.5 Å². The van der Waals surface area contributed by atoms with Crippen molar-refractivity contribution in [1.29, 1.82) is 0 Å². The molecule has 0 spiro atoms. The van der Waals surface area contributed by atoms with Gasteiger partial charge >= 0.3 is 6.03 Å². The molecule has 0 radical (unpaired) electrons. The number of carbonyl (C=O) groups excluding carboxylic acids is 1. The first-order valence-corrected chi connectivity index (χ1v) is 5.89. The lowest BCUT2D eigenvalue weighted by atomic mass is 10.2. The Morgan fingerprint density at radius 3 is 1.75 bits per heavy atom. The standard InChI is InChI=1S/C8H8.CH4N2O.O2S2/c1-2-8-6-4-3-5-7-8;2-1(3)4;1-4(2)3/h2-7H,1H2;(H4,2,3,4);. The van der Waals surface area contributed by atoms with Crippen LogP contribution in [0.4, 0.5) is 4.79 Å². The molecule has 0 unspecified atom stereocenters. The largest absolute Gasteiger partial charge is 0.352 e. The number of carbonyl (C=O) groups is 1. The average Bonchev–Trinajstić information content (AvgIpc) is 2.17. The number of urea groups is 1. The van der Waals surface area contributed by atoms with E-state index >= 15 is 0 Å². The minimum Gasteiger partial charge on any atom is -0.352 e. The minimum atomic E-state index is -2.28. The quantitative estimate of drug-likeness (QED) is 0.774. The summed E-state index contributed by atoms with van der Waals surface area (Å²) < 4.78 is 17.6. The number of amides is 2. The summed E-state index contributed by atoms with van der Waals surface area (Å²) in [5.41, 5.74) is 9.67. The molecule has 0 aliphatic carbocycles. The van der Waals surface area contributed by atoms with Gasteiger partial charge in [0.1, 0.15) is 0 Å². The third kappa shape index (κ3) is 22.8. The molecule has 0 aliphatic rings. The number of rotatable bonds is 1. The maximum atomic E-state index is 9.00. The summed E-state index contributed by atoms with van der Waals surface area (Å²) in [5, 5.41) is 0. The van der Waals surface area contributed by atoms with E-state index in [1.54, 1.807) is 0 Å². The molecule has 0 fully saturated rings. The molecule has 1 aromatic rings. The van der Waals surface area contributed by atoms with Crippen LogP contribution in [0, 0.1) is 0 Å².